The quantitative estimate of drug-likeness (QED) is 0.528. The molecule has 0 atom stereocenters. The Bertz CT molecular complexity index is 798. The Balaban J connectivity index is 0.000000691. The van der Waals surface area contributed by atoms with Crippen LogP contribution >= 0.6 is 0 Å². The molecular weight excluding hydrogens is 364 g/mol. The Hall–Kier alpha value is -1.90. The standard InChI is InChI=1S/C22H26N2.3C2H6/c1-23(2)13-15-11-12-16(14-24(3)4)22-20-10-6-8-18(20)17-7-5-9-19(17)21(15)22;3*1-2/h5-8,11-12H,9-10,13-14H2,1-4H3;3*1-2H3. The molecule has 166 valence electrons. The number of hydrogen-bond donors (Lipinski definition) is 0. The van der Waals surface area contributed by atoms with Crippen LogP contribution in [0.15, 0.2) is 24.3 Å². The van der Waals surface area contributed by atoms with Gasteiger partial charge in [-0.05, 0) is 85.2 Å². The van der Waals surface area contributed by atoms with Gasteiger partial charge in [0.05, 0.1) is 0 Å². The second kappa shape index (κ2) is 12.7. The first-order chi connectivity index (χ1) is 14.6. The Morgan fingerprint density at radius 3 is 1.23 bits per heavy atom. The van der Waals surface area contributed by atoms with Gasteiger partial charge in [0.25, 0.3) is 0 Å². The summed E-state index contributed by atoms with van der Waals surface area (Å²) in [5.74, 6) is 0. The zero-order valence-corrected chi connectivity index (χ0v) is 21.2. The van der Waals surface area contributed by atoms with Crippen LogP contribution in [-0.4, -0.2) is 38.0 Å². The van der Waals surface area contributed by atoms with Crippen LogP contribution in [0, 0.1) is 0 Å². The molecule has 0 radical (unpaired) electrons. The molecule has 0 aliphatic heterocycles. The molecule has 0 bridgehead atoms. The summed E-state index contributed by atoms with van der Waals surface area (Å²) in [6, 6.07) is 4.71. The van der Waals surface area contributed by atoms with Gasteiger partial charge in [-0.25, -0.2) is 0 Å². The average molecular weight is 409 g/mol. The smallest absolute Gasteiger partial charge is 0.0233 e. The third-order valence-corrected chi connectivity index (χ3v) is 5.11. The summed E-state index contributed by atoms with van der Waals surface area (Å²) in [4.78, 5) is 4.56. The lowest BCUT2D eigenvalue weighted by Crippen LogP contribution is -2.14. The molecule has 2 nitrogen and oxygen atoms in total. The van der Waals surface area contributed by atoms with Crippen molar-refractivity contribution in [2.75, 3.05) is 28.2 Å². The fourth-order valence-electron chi connectivity index (χ4n) is 4.31. The molecule has 0 spiro atoms. The summed E-state index contributed by atoms with van der Waals surface area (Å²) in [5.41, 5.74) is 8.93. The molecule has 4 rings (SSSR count). The molecule has 0 amide bonds. The van der Waals surface area contributed by atoms with Crippen LogP contribution < -0.4 is 0 Å². The maximum Gasteiger partial charge on any atom is 0.0233 e. The van der Waals surface area contributed by atoms with E-state index in [1.54, 1.807) is 0 Å². The minimum Gasteiger partial charge on any atom is -0.305 e. The van der Waals surface area contributed by atoms with Crippen LogP contribution in [0.3, 0.4) is 0 Å². The highest BCUT2D eigenvalue weighted by Crippen LogP contribution is 2.42. The summed E-state index contributed by atoms with van der Waals surface area (Å²) >= 11 is 0. The summed E-state index contributed by atoms with van der Waals surface area (Å²) < 4.78 is 0. The third-order valence-electron chi connectivity index (χ3n) is 5.11. The predicted octanol–water partition coefficient (Wildman–Crippen LogP) is 7.18. The second-order valence-corrected chi connectivity index (χ2v) is 7.61. The SMILES string of the molecule is CC.CC.CC.CN(C)Cc1ccc(CN(C)C)c2c3c(c4c(c12)CC=C4)C=CC3. The fourth-order valence-corrected chi connectivity index (χ4v) is 4.31. The topological polar surface area (TPSA) is 6.48 Å². The van der Waals surface area contributed by atoms with Crippen molar-refractivity contribution in [3.05, 3.63) is 57.7 Å². The van der Waals surface area contributed by atoms with Crippen molar-refractivity contribution in [2.45, 2.75) is 67.5 Å². The maximum absolute atomic E-state index is 2.36. The first-order valence-electron chi connectivity index (χ1n) is 11.8. The van der Waals surface area contributed by atoms with Gasteiger partial charge in [-0.3, -0.25) is 0 Å². The third kappa shape index (κ3) is 5.42. The Kier molecular flexibility index (Phi) is 11.1. The highest BCUT2D eigenvalue weighted by atomic mass is 15.1. The van der Waals surface area contributed by atoms with E-state index in [-0.39, 0.29) is 0 Å². The van der Waals surface area contributed by atoms with Gasteiger partial charge in [0, 0.05) is 13.1 Å². The molecule has 0 heterocycles. The van der Waals surface area contributed by atoms with Gasteiger partial charge in [-0.15, -0.1) is 0 Å². The summed E-state index contributed by atoms with van der Waals surface area (Å²) in [6.07, 6.45) is 11.5. The molecule has 2 aliphatic carbocycles. The number of benzene rings is 2. The van der Waals surface area contributed by atoms with E-state index in [0.29, 0.717) is 0 Å². The lowest BCUT2D eigenvalue weighted by atomic mass is 9.86. The summed E-state index contributed by atoms with van der Waals surface area (Å²) in [5, 5.41) is 3.04. The molecule has 0 aromatic heterocycles. The first-order valence-corrected chi connectivity index (χ1v) is 11.8. The van der Waals surface area contributed by atoms with Gasteiger partial charge < -0.3 is 9.80 Å². The molecule has 2 aromatic rings. The number of fused-ring (bicyclic) bond motifs is 6. The van der Waals surface area contributed by atoms with Gasteiger partial charge in [-0.2, -0.15) is 0 Å². The highest BCUT2D eigenvalue weighted by Gasteiger charge is 2.24. The van der Waals surface area contributed by atoms with Gasteiger partial charge >= 0.3 is 0 Å². The van der Waals surface area contributed by atoms with Crippen molar-refractivity contribution in [2.24, 2.45) is 0 Å². The zero-order valence-electron chi connectivity index (χ0n) is 21.2. The van der Waals surface area contributed by atoms with E-state index in [4.69, 9.17) is 0 Å². The van der Waals surface area contributed by atoms with Crippen molar-refractivity contribution in [1.82, 2.24) is 9.80 Å². The largest absolute Gasteiger partial charge is 0.305 e. The molecule has 0 saturated carbocycles. The molecule has 2 heteroatoms. The monoisotopic (exact) mass is 408 g/mol. The highest BCUT2D eigenvalue weighted by molar-refractivity contribution is 6.01. The fraction of sp³-hybridized carbons (Fsp3) is 0.500. The molecule has 0 fully saturated rings. The van der Waals surface area contributed by atoms with Crippen molar-refractivity contribution in [3.63, 3.8) is 0 Å². The lowest BCUT2D eigenvalue weighted by Gasteiger charge is -2.22. The van der Waals surface area contributed by atoms with E-state index in [1.807, 2.05) is 41.5 Å². The van der Waals surface area contributed by atoms with Gasteiger partial charge in [0.15, 0.2) is 0 Å². The number of rotatable bonds is 4. The molecule has 30 heavy (non-hydrogen) atoms. The van der Waals surface area contributed by atoms with Crippen LogP contribution in [-0.2, 0) is 25.9 Å². The maximum atomic E-state index is 2.36. The summed E-state index contributed by atoms with van der Waals surface area (Å²) in [7, 11) is 8.64. The van der Waals surface area contributed by atoms with Crippen molar-refractivity contribution in [3.8, 4) is 0 Å². The van der Waals surface area contributed by atoms with Crippen molar-refractivity contribution >= 4 is 22.9 Å². The Morgan fingerprint density at radius 1 is 0.600 bits per heavy atom. The molecular formula is C28H44N2. The number of allylic oxidation sites excluding steroid dienone is 2. The van der Waals surface area contributed by atoms with Crippen LogP contribution in [0.25, 0.3) is 22.9 Å². The Morgan fingerprint density at radius 2 is 0.933 bits per heavy atom. The molecule has 0 saturated heterocycles. The summed E-state index contributed by atoms with van der Waals surface area (Å²) in [6.45, 7) is 14.0. The first kappa shape index (κ1) is 26.1. The van der Waals surface area contributed by atoms with Gasteiger partial charge in [-0.1, -0.05) is 78.0 Å². The molecule has 0 unspecified atom stereocenters. The number of hydrogen-bond acceptors (Lipinski definition) is 2. The van der Waals surface area contributed by atoms with E-state index < -0.39 is 0 Å². The van der Waals surface area contributed by atoms with Gasteiger partial charge in [0.1, 0.15) is 0 Å². The minimum absolute atomic E-state index is 0.997. The molecule has 0 N–H and O–H groups in total. The molecule has 2 aliphatic rings. The number of nitrogens with zero attached hydrogens (tertiary/aromatic N) is 2. The Labute approximate surface area is 186 Å². The van der Waals surface area contributed by atoms with E-state index >= 15 is 0 Å². The minimum atomic E-state index is 0.997. The van der Waals surface area contributed by atoms with E-state index in [1.165, 1.54) is 44.2 Å². The van der Waals surface area contributed by atoms with Crippen molar-refractivity contribution in [1.29, 1.82) is 0 Å². The van der Waals surface area contributed by atoms with Gasteiger partial charge in [0.2, 0.25) is 0 Å². The van der Waals surface area contributed by atoms with E-state index in [9.17, 15) is 0 Å². The predicted molar refractivity (Wildman–Crippen MR) is 138 cm³/mol. The lowest BCUT2D eigenvalue weighted by molar-refractivity contribution is 0.401. The normalized spacial score (nSPS) is 12.7. The second-order valence-electron chi connectivity index (χ2n) is 7.61. The average Bonchev–Trinajstić information content (AvgIpc) is 3.42. The van der Waals surface area contributed by atoms with Crippen LogP contribution in [0.5, 0.6) is 0 Å². The van der Waals surface area contributed by atoms with Crippen LogP contribution in [0.4, 0.5) is 0 Å². The van der Waals surface area contributed by atoms with Crippen LogP contribution in [0.1, 0.15) is 74.9 Å². The van der Waals surface area contributed by atoms with E-state index in [2.05, 4.69) is 74.4 Å². The van der Waals surface area contributed by atoms with E-state index in [0.717, 1.165) is 25.9 Å². The zero-order chi connectivity index (χ0) is 22.8. The molecule has 2 aromatic carbocycles. The van der Waals surface area contributed by atoms with Crippen molar-refractivity contribution < 1.29 is 0 Å². The van der Waals surface area contributed by atoms with Crippen LogP contribution in [0.2, 0.25) is 0 Å².